The summed E-state index contributed by atoms with van der Waals surface area (Å²) in [5, 5.41) is 2.82. The Labute approximate surface area is 94.9 Å². The lowest BCUT2D eigenvalue weighted by Gasteiger charge is -2.10. The Bertz CT molecular complexity index is 406. The van der Waals surface area contributed by atoms with Gasteiger partial charge in [-0.15, -0.1) is 0 Å². The molecule has 0 aliphatic carbocycles. The first-order valence-corrected chi connectivity index (χ1v) is 5.86. The third-order valence-corrected chi connectivity index (χ3v) is 3.19. The molecule has 0 radical (unpaired) electrons. The molecule has 0 saturated heterocycles. The van der Waals surface area contributed by atoms with Gasteiger partial charge in [0, 0.05) is 24.1 Å². The van der Waals surface area contributed by atoms with Gasteiger partial charge in [0.25, 0.3) is 0 Å². The van der Waals surface area contributed by atoms with E-state index in [2.05, 4.69) is 15.3 Å². The van der Waals surface area contributed by atoms with Crippen molar-refractivity contribution in [1.29, 1.82) is 0 Å². The second-order valence-electron chi connectivity index (χ2n) is 3.45. The van der Waals surface area contributed by atoms with Crippen molar-refractivity contribution in [3.05, 3.63) is 17.1 Å². The Morgan fingerprint density at radius 2 is 2.06 bits per heavy atom. The summed E-state index contributed by atoms with van der Waals surface area (Å²) in [4.78, 5) is 7.85. The van der Waals surface area contributed by atoms with Gasteiger partial charge in [0.2, 0.25) is 0 Å². The highest BCUT2D eigenvalue weighted by atomic mass is 32.2. The van der Waals surface area contributed by atoms with Crippen LogP contribution in [0, 0.1) is 0 Å². The normalized spacial score (nSPS) is 15.0. The molecule has 2 heterocycles. The summed E-state index contributed by atoms with van der Waals surface area (Å²) in [7, 11) is 1.66. The summed E-state index contributed by atoms with van der Waals surface area (Å²) in [6, 6.07) is 0. The van der Waals surface area contributed by atoms with Crippen LogP contribution in [0.5, 0.6) is 0 Å². The number of anilines is 1. The molecule has 0 unspecified atom stereocenters. The molecule has 0 fully saturated rings. The number of halogens is 3. The lowest BCUT2D eigenvalue weighted by atomic mass is 10.2. The van der Waals surface area contributed by atoms with E-state index in [4.69, 9.17) is 0 Å². The largest absolute Gasteiger partial charge is 0.396 e. The maximum Gasteiger partial charge on any atom is 0.396 e. The van der Waals surface area contributed by atoms with Gasteiger partial charge in [-0.25, -0.2) is 9.97 Å². The molecule has 0 saturated carbocycles. The lowest BCUT2D eigenvalue weighted by molar-refractivity contribution is -0.128. The Morgan fingerprint density at radius 3 is 2.69 bits per heavy atom. The van der Waals surface area contributed by atoms with Crippen LogP contribution in [0.4, 0.5) is 19.0 Å². The lowest BCUT2D eigenvalue weighted by Crippen LogP contribution is -2.16. The number of hydrogen-bond acceptors (Lipinski definition) is 4. The molecule has 7 heteroatoms. The highest BCUT2D eigenvalue weighted by Crippen LogP contribution is 2.33. The zero-order chi connectivity index (χ0) is 11.8. The molecular formula is C9H10F3N3S. The van der Waals surface area contributed by atoms with Gasteiger partial charge in [-0.1, -0.05) is 0 Å². The standard InChI is InChI=1S/C9H10F3N3S/c1-13-8-5-3-16-4-6(5)14-7(15-8)2-9(10,11)12/h2-4H2,1H3,(H,13,14,15). The monoisotopic (exact) mass is 249 g/mol. The molecule has 2 rings (SSSR count). The van der Waals surface area contributed by atoms with Gasteiger partial charge in [-0.3, -0.25) is 0 Å². The number of hydrogen-bond donors (Lipinski definition) is 1. The fraction of sp³-hybridized carbons (Fsp3) is 0.556. The molecule has 0 spiro atoms. The Kier molecular flexibility index (Phi) is 2.96. The van der Waals surface area contributed by atoms with Gasteiger partial charge < -0.3 is 5.32 Å². The van der Waals surface area contributed by atoms with E-state index >= 15 is 0 Å². The number of fused-ring (bicyclic) bond motifs is 1. The highest BCUT2D eigenvalue weighted by Gasteiger charge is 2.30. The summed E-state index contributed by atoms with van der Waals surface area (Å²) >= 11 is 1.64. The van der Waals surface area contributed by atoms with E-state index < -0.39 is 12.6 Å². The predicted octanol–water partition coefficient (Wildman–Crippen LogP) is 2.37. The summed E-state index contributed by atoms with van der Waals surface area (Å²) in [5.41, 5.74) is 1.65. The fourth-order valence-corrected chi connectivity index (χ4v) is 2.61. The molecule has 0 aromatic carbocycles. The van der Waals surface area contributed by atoms with Crippen molar-refractivity contribution < 1.29 is 13.2 Å². The number of aromatic nitrogens is 2. The van der Waals surface area contributed by atoms with Gasteiger partial charge in [0.1, 0.15) is 18.1 Å². The van der Waals surface area contributed by atoms with Crippen molar-refractivity contribution in [2.24, 2.45) is 0 Å². The maximum atomic E-state index is 12.2. The first-order chi connectivity index (χ1) is 7.49. The molecule has 0 bridgehead atoms. The smallest absolute Gasteiger partial charge is 0.373 e. The van der Waals surface area contributed by atoms with Crippen molar-refractivity contribution >= 4 is 17.6 Å². The van der Waals surface area contributed by atoms with Crippen molar-refractivity contribution in [3.63, 3.8) is 0 Å². The summed E-state index contributed by atoms with van der Waals surface area (Å²) < 4.78 is 36.7. The molecule has 1 aliphatic heterocycles. The third-order valence-electron chi connectivity index (χ3n) is 2.22. The molecule has 1 N–H and O–H groups in total. The molecule has 1 aromatic heterocycles. The quantitative estimate of drug-likeness (QED) is 0.873. The van der Waals surface area contributed by atoms with Crippen LogP contribution in [0.1, 0.15) is 17.1 Å². The minimum atomic E-state index is -4.26. The average molecular weight is 249 g/mol. The van der Waals surface area contributed by atoms with Crippen LogP contribution in [0.15, 0.2) is 0 Å². The molecule has 1 aromatic rings. The van der Waals surface area contributed by atoms with Crippen LogP contribution in [-0.2, 0) is 17.9 Å². The number of nitrogens with one attached hydrogen (secondary N) is 1. The van der Waals surface area contributed by atoms with Crippen molar-refractivity contribution in [1.82, 2.24) is 9.97 Å². The molecule has 1 aliphatic rings. The van der Waals surface area contributed by atoms with E-state index in [1.165, 1.54) is 0 Å². The predicted molar refractivity (Wildman–Crippen MR) is 56.3 cm³/mol. The minimum absolute atomic E-state index is 0.155. The molecule has 0 atom stereocenters. The van der Waals surface area contributed by atoms with Crippen LogP contribution in [0.25, 0.3) is 0 Å². The molecule has 88 valence electrons. The van der Waals surface area contributed by atoms with Crippen LogP contribution in [-0.4, -0.2) is 23.2 Å². The summed E-state index contributed by atoms with van der Waals surface area (Å²) in [6.45, 7) is 0. The molecule has 0 amide bonds. The first kappa shape index (κ1) is 11.5. The van der Waals surface area contributed by atoms with E-state index in [1.807, 2.05) is 0 Å². The van der Waals surface area contributed by atoms with Crippen molar-refractivity contribution in [2.75, 3.05) is 12.4 Å². The number of rotatable bonds is 2. The zero-order valence-corrected chi connectivity index (χ0v) is 9.37. The summed E-state index contributed by atoms with van der Waals surface area (Å²) in [6.07, 6.45) is -5.33. The fourth-order valence-electron chi connectivity index (χ4n) is 1.57. The number of thioether (sulfide) groups is 1. The average Bonchev–Trinajstić information content (AvgIpc) is 2.61. The maximum absolute atomic E-state index is 12.2. The third kappa shape index (κ3) is 2.40. The van der Waals surface area contributed by atoms with Crippen LogP contribution >= 0.6 is 11.8 Å². The van der Waals surface area contributed by atoms with Gasteiger partial charge >= 0.3 is 6.18 Å². The van der Waals surface area contributed by atoms with E-state index in [0.717, 1.165) is 17.0 Å². The van der Waals surface area contributed by atoms with E-state index in [1.54, 1.807) is 18.8 Å². The van der Waals surface area contributed by atoms with Gasteiger partial charge in [0.15, 0.2) is 0 Å². The van der Waals surface area contributed by atoms with Gasteiger partial charge in [-0.05, 0) is 0 Å². The van der Waals surface area contributed by atoms with E-state index in [0.29, 0.717) is 11.6 Å². The van der Waals surface area contributed by atoms with Crippen LogP contribution < -0.4 is 5.32 Å². The minimum Gasteiger partial charge on any atom is -0.373 e. The van der Waals surface area contributed by atoms with E-state index in [-0.39, 0.29) is 5.82 Å². The Hall–Kier alpha value is -0.980. The summed E-state index contributed by atoms with van der Waals surface area (Å²) in [5.74, 6) is 1.79. The number of alkyl halides is 3. The Morgan fingerprint density at radius 1 is 1.31 bits per heavy atom. The molecular weight excluding hydrogens is 239 g/mol. The highest BCUT2D eigenvalue weighted by molar-refractivity contribution is 7.98. The topological polar surface area (TPSA) is 37.8 Å². The Balaban J connectivity index is 2.35. The SMILES string of the molecule is CNc1nc(CC(F)(F)F)nc2c1CSC2. The van der Waals surface area contributed by atoms with Crippen molar-refractivity contribution in [3.8, 4) is 0 Å². The van der Waals surface area contributed by atoms with E-state index in [9.17, 15) is 13.2 Å². The van der Waals surface area contributed by atoms with Crippen LogP contribution in [0.3, 0.4) is 0 Å². The molecule has 16 heavy (non-hydrogen) atoms. The van der Waals surface area contributed by atoms with Gasteiger partial charge in [0.05, 0.1) is 5.69 Å². The zero-order valence-electron chi connectivity index (χ0n) is 8.56. The second kappa shape index (κ2) is 4.12. The van der Waals surface area contributed by atoms with Crippen LogP contribution in [0.2, 0.25) is 0 Å². The second-order valence-corrected chi connectivity index (χ2v) is 4.43. The van der Waals surface area contributed by atoms with Crippen molar-refractivity contribution in [2.45, 2.75) is 24.1 Å². The first-order valence-electron chi connectivity index (χ1n) is 4.70. The van der Waals surface area contributed by atoms with Gasteiger partial charge in [-0.2, -0.15) is 24.9 Å². The number of nitrogens with zero attached hydrogens (tertiary/aromatic N) is 2. The molecule has 3 nitrogen and oxygen atoms in total.